The van der Waals surface area contributed by atoms with Gasteiger partial charge >= 0.3 is 0 Å². The van der Waals surface area contributed by atoms with Gasteiger partial charge in [0.05, 0.1) is 6.10 Å². The summed E-state index contributed by atoms with van der Waals surface area (Å²) in [5.74, 6) is 1.47. The zero-order chi connectivity index (χ0) is 15.5. The average molecular weight is 301 g/mol. The van der Waals surface area contributed by atoms with E-state index in [-0.39, 0.29) is 6.10 Å². The maximum absolute atomic E-state index is 10.1. The maximum atomic E-state index is 10.1. The van der Waals surface area contributed by atoms with E-state index in [0.717, 1.165) is 24.7 Å². The molecule has 2 saturated carbocycles. The molecule has 1 aliphatic heterocycles. The molecular weight excluding hydrogens is 270 g/mol. The normalized spacial score (nSPS) is 48.6. The summed E-state index contributed by atoms with van der Waals surface area (Å²) in [5, 5.41) is 10.1. The predicted molar refractivity (Wildman–Crippen MR) is 90.6 cm³/mol. The smallest absolute Gasteiger partial charge is 0.0578 e. The van der Waals surface area contributed by atoms with Crippen LogP contribution in [0.3, 0.4) is 0 Å². The van der Waals surface area contributed by atoms with Crippen molar-refractivity contribution in [3.05, 3.63) is 23.3 Å². The minimum Gasteiger partial charge on any atom is -0.393 e. The molecule has 0 aromatic carbocycles. The van der Waals surface area contributed by atoms with Gasteiger partial charge in [0.25, 0.3) is 0 Å². The summed E-state index contributed by atoms with van der Waals surface area (Å²) >= 11 is 0. The number of hydrogen-bond donors (Lipinski definition) is 1. The average Bonchev–Trinajstić information content (AvgIpc) is 2.49. The van der Waals surface area contributed by atoms with Crippen molar-refractivity contribution in [1.29, 1.82) is 0 Å². The number of nitrogens with zero attached hydrogens (tertiary/aromatic N) is 1. The lowest BCUT2D eigenvalue weighted by Crippen LogP contribution is -2.58. The molecule has 0 spiro atoms. The van der Waals surface area contributed by atoms with Crippen LogP contribution < -0.4 is 0 Å². The molecule has 2 heteroatoms. The molecule has 1 N–H and O–H groups in total. The van der Waals surface area contributed by atoms with Crippen LogP contribution in [0.5, 0.6) is 0 Å². The van der Waals surface area contributed by atoms with E-state index in [1.54, 1.807) is 5.57 Å². The quantitative estimate of drug-likeness (QED) is 0.733. The summed E-state index contributed by atoms with van der Waals surface area (Å²) in [6.45, 7) is 6.24. The fraction of sp³-hybridized carbons (Fsp3) is 0.800. The fourth-order valence-electron chi connectivity index (χ4n) is 6.09. The summed E-state index contributed by atoms with van der Waals surface area (Å²) in [4.78, 5) is 2.63. The number of likely N-dealkylation sites (tertiary alicyclic amines) is 1. The summed E-state index contributed by atoms with van der Waals surface area (Å²) in [5.41, 5.74) is 3.95. The molecule has 122 valence electrons. The van der Waals surface area contributed by atoms with Crippen LogP contribution in [0.25, 0.3) is 0 Å². The molecule has 4 rings (SSSR count). The van der Waals surface area contributed by atoms with Crippen LogP contribution in [-0.2, 0) is 0 Å². The van der Waals surface area contributed by atoms with Crippen molar-refractivity contribution in [2.75, 3.05) is 13.6 Å². The first-order valence-electron chi connectivity index (χ1n) is 9.25. The highest BCUT2D eigenvalue weighted by Gasteiger charge is 2.53. The number of hydrogen-bond acceptors (Lipinski definition) is 2. The lowest BCUT2D eigenvalue weighted by molar-refractivity contribution is -0.00981. The summed E-state index contributed by atoms with van der Waals surface area (Å²) in [6.07, 6.45) is 13.2. The highest BCUT2D eigenvalue weighted by molar-refractivity contribution is 5.39. The number of allylic oxidation sites excluding steroid dienone is 2. The highest BCUT2D eigenvalue weighted by Crippen LogP contribution is 2.59. The van der Waals surface area contributed by atoms with Gasteiger partial charge in [-0.05, 0) is 82.7 Å². The first-order chi connectivity index (χ1) is 10.4. The molecule has 3 aliphatic carbocycles. The Bertz CT molecular complexity index is 536. The standard InChI is InChI=1S/C20H31NO/c1-19-10-8-15(22)13-14(19)6-7-16-17(19)9-11-20(2)18(16)5-4-12-21(20)3/h6-7,15,17-18,22H,4-5,8-13H2,1-3H3/t15-,17-,18+,19-,20+/m0/s1. The molecule has 0 amide bonds. The van der Waals surface area contributed by atoms with Gasteiger partial charge in [-0.2, -0.15) is 0 Å². The van der Waals surface area contributed by atoms with E-state index < -0.39 is 0 Å². The van der Waals surface area contributed by atoms with Crippen LogP contribution in [-0.4, -0.2) is 35.2 Å². The number of aliphatic hydroxyl groups excluding tert-OH is 1. The molecule has 0 aromatic heterocycles. The van der Waals surface area contributed by atoms with Crippen LogP contribution in [0.1, 0.15) is 58.8 Å². The molecule has 3 fully saturated rings. The Balaban J connectivity index is 1.73. The van der Waals surface area contributed by atoms with E-state index in [1.807, 2.05) is 0 Å². The Kier molecular flexibility index (Phi) is 3.36. The second-order valence-corrected chi connectivity index (χ2v) is 8.74. The minimum absolute atomic E-state index is 0.107. The van der Waals surface area contributed by atoms with E-state index >= 15 is 0 Å². The van der Waals surface area contributed by atoms with Crippen molar-refractivity contribution in [2.45, 2.75) is 70.4 Å². The Morgan fingerprint density at radius 3 is 2.73 bits per heavy atom. The van der Waals surface area contributed by atoms with E-state index in [2.05, 4.69) is 37.9 Å². The molecule has 0 aromatic rings. The second-order valence-electron chi connectivity index (χ2n) is 8.74. The van der Waals surface area contributed by atoms with Crippen molar-refractivity contribution < 1.29 is 5.11 Å². The van der Waals surface area contributed by atoms with Crippen LogP contribution in [0.4, 0.5) is 0 Å². The molecule has 0 unspecified atom stereocenters. The number of fused-ring (bicyclic) bond motifs is 5. The Morgan fingerprint density at radius 1 is 1.09 bits per heavy atom. The monoisotopic (exact) mass is 301 g/mol. The number of piperidine rings is 1. The predicted octanol–water partition coefficient (Wildman–Crippen LogP) is 3.91. The van der Waals surface area contributed by atoms with Gasteiger partial charge in [-0.3, -0.25) is 0 Å². The first-order valence-corrected chi connectivity index (χ1v) is 9.25. The SMILES string of the molecule is CN1CCC[C@@H]2C3=CC=C4C[C@@H](O)CC[C@]4(C)[C@H]3CC[C@]21C. The molecular formula is C20H31NO. The van der Waals surface area contributed by atoms with Crippen molar-refractivity contribution >= 4 is 0 Å². The first kappa shape index (κ1) is 15.0. The minimum atomic E-state index is -0.107. The Morgan fingerprint density at radius 2 is 1.91 bits per heavy atom. The molecule has 1 saturated heterocycles. The molecule has 4 aliphatic rings. The fourth-order valence-corrected chi connectivity index (χ4v) is 6.09. The number of rotatable bonds is 0. The van der Waals surface area contributed by atoms with Gasteiger partial charge in [0.1, 0.15) is 0 Å². The molecule has 0 bridgehead atoms. The third kappa shape index (κ3) is 1.93. The topological polar surface area (TPSA) is 23.5 Å². The van der Waals surface area contributed by atoms with Crippen LogP contribution >= 0.6 is 0 Å². The van der Waals surface area contributed by atoms with E-state index in [0.29, 0.717) is 11.0 Å². The lowest BCUT2D eigenvalue weighted by Gasteiger charge is -2.59. The summed E-state index contributed by atoms with van der Waals surface area (Å²) in [6, 6.07) is 0. The summed E-state index contributed by atoms with van der Waals surface area (Å²) in [7, 11) is 2.33. The molecule has 1 heterocycles. The third-order valence-electron chi connectivity index (χ3n) is 7.79. The van der Waals surface area contributed by atoms with Gasteiger partial charge in [0, 0.05) is 5.54 Å². The zero-order valence-electron chi connectivity index (χ0n) is 14.4. The lowest BCUT2D eigenvalue weighted by atomic mass is 9.51. The Labute approximate surface area is 135 Å². The van der Waals surface area contributed by atoms with Gasteiger partial charge in [-0.15, -0.1) is 0 Å². The van der Waals surface area contributed by atoms with Crippen molar-refractivity contribution in [1.82, 2.24) is 4.90 Å². The Hall–Kier alpha value is -0.600. The zero-order valence-corrected chi connectivity index (χ0v) is 14.4. The van der Waals surface area contributed by atoms with Gasteiger partial charge in [0.2, 0.25) is 0 Å². The van der Waals surface area contributed by atoms with E-state index in [1.165, 1.54) is 44.2 Å². The van der Waals surface area contributed by atoms with Gasteiger partial charge in [-0.1, -0.05) is 30.2 Å². The summed E-state index contributed by atoms with van der Waals surface area (Å²) < 4.78 is 0. The van der Waals surface area contributed by atoms with E-state index in [9.17, 15) is 5.11 Å². The maximum Gasteiger partial charge on any atom is 0.0578 e. The number of aliphatic hydroxyl groups is 1. The molecule has 2 nitrogen and oxygen atoms in total. The van der Waals surface area contributed by atoms with Crippen LogP contribution in [0, 0.1) is 17.3 Å². The van der Waals surface area contributed by atoms with Gasteiger partial charge < -0.3 is 10.0 Å². The largest absolute Gasteiger partial charge is 0.393 e. The van der Waals surface area contributed by atoms with E-state index in [4.69, 9.17) is 0 Å². The molecule has 0 radical (unpaired) electrons. The van der Waals surface area contributed by atoms with Crippen LogP contribution in [0.15, 0.2) is 23.3 Å². The van der Waals surface area contributed by atoms with Crippen molar-refractivity contribution in [3.63, 3.8) is 0 Å². The second kappa shape index (κ2) is 4.95. The van der Waals surface area contributed by atoms with Crippen LogP contribution in [0.2, 0.25) is 0 Å². The van der Waals surface area contributed by atoms with Gasteiger partial charge in [0.15, 0.2) is 0 Å². The third-order valence-corrected chi connectivity index (χ3v) is 7.79. The molecule has 5 atom stereocenters. The molecule has 22 heavy (non-hydrogen) atoms. The van der Waals surface area contributed by atoms with Crippen molar-refractivity contribution in [2.24, 2.45) is 17.3 Å². The van der Waals surface area contributed by atoms with Crippen molar-refractivity contribution in [3.8, 4) is 0 Å². The van der Waals surface area contributed by atoms with Gasteiger partial charge in [-0.25, -0.2) is 0 Å². The highest BCUT2D eigenvalue weighted by atomic mass is 16.3.